The minimum atomic E-state index is -0.311. The number of rotatable bonds is 5. The average molecular weight is 310 g/mol. The molecule has 118 valence electrons. The van der Waals surface area contributed by atoms with Crippen molar-refractivity contribution in [2.75, 3.05) is 10.6 Å². The number of imidazole rings is 1. The van der Waals surface area contributed by atoms with Crippen LogP contribution in [0.3, 0.4) is 0 Å². The van der Waals surface area contributed by atoms with E-state index >= 15 is 0 Å². The van der Waals surface area contributed by atoms with Crippen molar-refractivity contribution in [2.45, 2.75) is 20.0 Å². The molecule has 0 saturated carbocycles. The summed E-state index contributed by atoms with van der Waals surface area (Å²) >= 11 is 0. The number of hydrogen-bond donors (Lipinski definition) is 2. The lowest BCUT2D eigenvalue weighted by Crippen LogP contribution is -2.19. The van der Waals surface area contributed by atoms with Gasteiger partial charge in [0.05, 0.1) is 6.33 Å². The van der Waals surface area contributed by atoms with Crippen molar-refractivity contribution in [1.82, 2.24) is 19.3 Å². The zero-order valence-corrected chi connectivity index (χ0v) is 12.8. The molecule has 0 aliphatic carbocycles. The third-order valence-electron chi connectivity index (χ3n) is 3.34. The van der Waals surface area contributed by atoms with Crippen LogP contribution in [0.5, 0.6) is 0 Å². The Morgan fingerprint density at radius 1 is 1.13 bits per heavy atom. The maximum Gasteiger partial charge on any atom is 0.324 e. The van der Waals surface area contributed by atoms with Crippen LogP contribution in [0.2, 0.25) is 0 Å². The van der Waals surface area contributed by atoms with E-state index in [4.69, 9.17) is 0 Å². The van der Waals surface area contributed by atoms with E-state index in [1.165, 1.54) is 0 Å². The quantitative estimate of drug-likeness (QED) is 0.760. The predicted octanol–water partition coefficient (Wildman–Crippen LogP) is 2.79. The molecule has 0 aliphatic rings. The van der Waals surface area contributed by atoms with E-state index in [2.05, 4.69) is 20.7 Å². The molecule has 2 aromatic heterocycles. The van der Waals surface area contributed by atoms with Crippen LogP contribution in [-0.2, 0) is 13.1 Å². The molecule has 0 atom stereocenters. The molecule has 0 spiro atoms. The van der Waals surface area contributed by atoms with Crippen LogP contribution in [0.15, 0.2) is 55.2 Å². The molecule has 2 N–H and O–H groups in total. The van der Waals surface area contributed by atoms with E-state index in [1.807, 2.05) is 48.1 Å². The first-order valence-corrected chi connectivity index (χ1v) is 7.39. The highest BCUT2D eigenvalue weighted by atomic mass is 16.2. The number of nitrogens with one attached hydrogen (secondary N) is 2. The van der Waals surface area contributed by atoms with Crippen molar-refractivity contribution in [3.05, 3.63) is 60.8 Å². The smallest absolute Gasteiger partial charge is 0.324 e. The lowest BCUT2D eigenvalue weighted by Gasteiger charge is -2.07. The van der Waals surface area contributed by atoms with E-state index in [-0.39, 0.29) is 6.03 Å². The summed E-state index contributed by atoms with van der Waals surface area (Å²) < 4.78 is 3.74. The Bertz CT molecular complexity index is 760. The van der Waals surface area contributed by atoms with Crippen LogP contribution in [0.25, 0.3) is 0 Å². The van der Waals surface area contributed by atoms with E-state index in [0.717, 1.165) is 24.3 Å². The number of benzene rings is 1. The van der Waals surface area contributed by atoms with Gasteiger partial charge in [0.1, 0.15) is 0 Å². The fourth-order valence-corrected chi connectivity index (χ4v) is 2.17. The number of anilines is 2. The first-order valence-electron chi connectivity index (χ1n) is 7.39. The van der Waals surface area contributed by atoms with Gasteiger partial charge < -0.3 is 9.88 Å². The predicted molar refractivity (Wildman–Crippen MR) is 88.3 cm³/mol. The van der Waals surface area contributed by atoms with Crippen LogP contribution >= 0.6 is 0 Å². The summed E-state index contributed by atoms with van der Waals surface area (Å²) in [6.45, 7) is 3.50. The van der Waals surface area contributed by atoms with Crippen LogP contribution in [0.1, 0.15) is 12.5 Å². The number of amides is 2. The lowest BCUT2D eigenvalue weighted by atomic mass is 10.2. The Balaban J connectivity index is 1.56. The Labute approximate surface area is 134 Å². The second kappa shape index (κ2) is 6.78. The molecular formula is C16H18N6O. The third kappa shape index (κ3) is 3.97. The summed E-state index contributed by atoms with van der Waals surface area (Å²) in [4.78, 5) is 15.9. The summed E-state index contributed by atoms with van der Waals surface area (Å²) in [5.74, 6) is 0.529. The van der Waals surface area contributed by atoms with Gasteiger partial charge in [-0.05, 0) is 24.6 Å². The minimum Gasteiger partial charge on any atom is -0.333 e. The third-order valence-corrected chi connectivity index (χ3v) is 3.34. The normalized spacial score (nSPS) is 10.5. The molecule has 3 aromatic rings. The van der Waals surface area contributed by atoms with Crippen molar-refractivity contribution in [3.63, 3.8) is 0 Å². The monoisotopic (exact) mass is 310 g/mol. The Hall–Kier alpha value is -3.09. The number of urea groups is 1. The molecule has 0 fully saturated rings. The Morgan fingerprint density at radius 2 is 1.96 bits per heavy atom. The first-order chi connectivity index (χ1) is 11.2. The second-order valence-electron chi connectivity index (χ2n) is 5.07. The fraction of sp³-hybridized carbons (Fsp3) is 0.188. The number of hydrogen-bond acceptors (Lipinski definition) is 3. The molecule has 7 heteroatoms. The molecule has 0 unspecified atom stereocenters. The van der Waals surface area contributed by atoms with Gasteiger partial charge in [0.2, 0.25) is 0 Å². The molecule has 0 saturated heterocycles. The Kier molecular flexibility index (Phi) is 4.37. The molecule has 0 bridgehead atoms. The van der Waals surface area contributed by atoms with Crippen molar-refractivity contribution < 1.29 is 4.79 Å². The molecular weight excluding hydrogens is 292 g/mol. The molecule has 0 radical (unpaired) electrons. The standard InChI is InChI=1S/C16H18N6O/c1-2-22-9-7-15(20-22)19-16(23)18-14-5-3-13(4-6-14)11-21-10-8-17-12-21/h3-10,12H,2,11H2,1H3,(H2,18,19,20,23). The summed E-state index contributed by atoms with van der Waals surface area (Å²) in [5.41, 5.74) is 1.86. The molecule has 0 aliphatic heterocycles. The summed E-state index contributed by atoms with van der Waals surface area (Å²) in [6, 6.07) is 9.14. The maximum absolute atomic E-state index is 11.9. The van der Waals surface area contributed by atoms with Gasteiger partial charge >= 0.3 is 6.03 Å². The zero-order valence-electron chi connectivity index (χ0n) is 12.8. The van der Waals surface area contributed by atoms with Crippen molar-refractivity contribution in [3.8, 4) is 0 Å². The summed E-state index contributed by atoms with van der Waals surface area (Å²) in [5, 5.41) is 9.69. The zero-order chi connectivity index (χ0) is 16.1. The van der Waals surface area contributed by atoms with Gasteiger partial charge in [-0.15, -0.1) is 0 Å². The van der Waals surface area contributed by atoms with E-state index in [1.54, 1.807) is 23.3 Å². The largest absolute Gasteiger partial charge is 0.333 e. The number of carbonyl (C=O) groups excluding carboxylic acids is 1. The SMILES string of the molecule is CCn1ccc(NC(=O)Nc2ccc(Cn3ccnc3)cc2)n1. The average Bonchev–Trinajstić information content (AvgIpc) is 3.21. The molecule has 3 rings (SSSR count). The van der Waals surface area contributed by atoms with Gasteiger partial charge in [-0.3, -0.25) is 10.00 Å². The van der Waals surface area contributed by atoms with Crippen LogP contribution in [0, 0.1) is 0 Å². The minimum absolute atomic E-state index is 0.311. The van der Waals surface area contributed by atoms with E-state index < -0.39 is 0 Å². The van der Waals surface area contributed by atoms with Gasteiger partial charge in [-0.25, -0.2) is 9.78 Å². The summed E-state index contributed by atoms with van der Waals surface area (Å²) in [6.07, 6.45) is 7.25. The maximum atomic E-state index is 11.9. The van der Waals surface area contributed by atoms with Crippen LogP contribution in [0.4, 0.5) is 16.3 Å². The second-order valence-corrected chi connectivity index (χ2v) is 5.07. The Morgan fingerprint density at radius 3 is 2.61 bits per heavy atom. The van der Waals surface area contributed by atoms with Crippen molar-refractivity contribution >= 4 is 17.5 Å². The first kappa shape index (κ1) is 14.8. The topological polar surface area (TPSA) is 76.8 Å². The van der Waals surface area contributed by atoms with Crippen molar-refractivity contribution in [2.24, 2.45) is 0 Å². The highest BCUT2D eigenvalue weighted by Gasteiger charge is 2.05. The summed E-state index contributed by atoms with van der Waals surface area (Å²) in [7, 11) is 0. The molecule has 23 heavy (non-hydrogen) atoms. The van der Waals surface area contributed by atoms with E-state index in [9.17, 15) is 4.79 Å². The van der Waals surface area contributed by atoms with Gasteiger partial charge in [0.15, 0.2) is 5.82 Å². The molecule has 2 heterocycles. The fourth-order valence-electron chi connectivity index (χ4n) is 2.17. The highest BCUT2D eigenvalue weighted by Crippen LogP contribution is 2.11. The van der Waals surface area contributed by atoms with Crippen LogP contribution in [-0.4, -0.2) is 25.4 Å². The number of aryl methyl sites for hydroxylation is 1. The molecule has 1 aromatic carbocycles. The molecule has 2 amide bonds. The van der Waals surface area contributed by atoms with Gasteiger partial charge in [-0.1, -0.05) is 12.1 Å². The molecule has 7 nitrogen and oxygen atoms in total. The highest BCUT2D eigenvalue weighted by molar-refractivity contribution is 5.99. The number of aromatic nitrogens is 4. The van der Waals surface area contributed by atoms with Gasteiger partial charge in [0, 0.05) is 43.4 Å². The van der Waals surface area contributed by atoms with Crippen molar-refractivity contribution in [1.29, 1.82) is 0 Å². The number of carbonyl (C=O) groups is 1. The van der Waals surface area contributed by atoms with Gasteiger partial charge in [0.25, 0.3) is 0 Å². The van der Waals surface area contributed by atoms with E-state index in [0.29, 0.717) is 5.82 Å². The van der Waals surface area contributed by atoms with Crippen LogP contribution < -0.4 is 10.6 Å². The lowest BCUT2D eigenvalue weighted by molar-refractivity contribution is 0.262. The van der Waals surface area contributed by atoms with Gasteiger partial charge in [-0.2, -0.15) is 5.10 Å². The number of nitrogens with zero attached hydrogens (tertiary/aromatic N) is 4.